The first kappa shape index (κ1) is 14.5. The zero-order chi connectivity index (χ0) is 14.5. The summed E-state index contributed by atoms with van der Waals surface area (Å²) in [6.45, 7) is 2.51. The van der Waals surface area contributed by atoms with Crippen LogP contribution in [0.1, 0.15) is 28.8 Å². The number of amides is 1. The predicted molar refractivity (Wildman–Crippen MR) is 74.7 cm³/mol. The first-order valence-electron chi connectivity index (χ1n) is 6.66. The Kier molecular flexibility index (Phi) is 4.74. The first-order chi connectivity index (χ1) is 9.60. The van der Waals surface area contributed by atoms with Crippen molar-refractivity contribution in [1.82, 2.24) is 0 Å². The van der Waals surface area contributed by atoms with Gasteiger partial charge in [0.05, 0.1) is 25.0 Å². The molecular weight excluding hydrogens is 258 g/mol. The highest BCUT2D eigenvalue weighted by Gasteiger charge is 2.21. The molecule has 0 saturated heterocycles. The van der Waals surface area contributed by atoms with E-state index < -0.39 is 5.97 Å². The number of aryl methyl sites for hydroxylation is 1. The summed E-state index contributed by atoms with van der Waals surface area (Å²) in [5.41, 5.74) is 1.72. The van der Waals surface area contributed by atoms with Crippen molar-refractivity contribution in [3.05, 3.63) is 29.3 Å². The van der Waals surface area contributed by atoms with Crippen LogP contribution >= 0.6 is 0 Å². The van der Waals surface area contributed by atoms with E-state index in [1.165, 1.54) is 20.0 Å². The summed E-state index contributed by atoms with van der Waals surface area (Å²) in [7, 11) is 1.31. The van der Waals surface area contributed by atoms with Crippen LogP contribution in [0.15, 0.2) is 18.2 Å². The Labute approximate surface area is 118 Å². The van der Waals surface area contributed by atoms with Gasteiger partial charge in [-0.25, -0.2) is 4.79 Å². The van der Waals surface area contributed by atoms with Gasteiger partial charge < -0.3 is 14.8 Å². The van der Waals surface area contributed by atoms with E-state index in [0.717, 1.165) is 5.56 Å². The molecule has 1 fully saturated rings. The van der Waals surface area contributed by atoms with Crippen LogP contribution in [0, 0.1) is 12.8 Å². The number of nitrogens with one attached hydrogen (secondary N) is 1. The lowest BCUT2D eigenvalue weighted by molar-refractivity contribution is -0.120. The van der Waals surface area contributed by atoms with Gasteiger partial charge >= 0.3 is 5.97 Å². The number of esters is 1. The molecule has 0 unspecified atom stereocenters. The highest BCUT2D eigenvalue weighted by Crippen LogP contribution is 2.28. The summed E-state index contributed by atoms with van der Waals surface area (Å²) in [4.78, 5) is 23.4. The molecule has 1 aromatic carbocycles. The fourth-order valence-electron chi connectivity index (χ4n) is 1.84. The molecule has 0 atom stereocenters. The fraction of sp³-hybridized carbons (Fsp3) is 0.467. The number of hydrogen-bond donors (Lipinski definition) is 1. The Morgan fingerprint density at radius 3 is 2.75 bits per heavy atom. The molecule has 1 amide bonds. The molecule has 5 nitrogen and oxygen atoms in total. The maximum atomic E-state index is 11.8. The molecule has 0 bridgehead atoms. The van der Waals surface area contributed by atoms with Gasteiger partial charge in [-0.2, -0.15) is 0 Å². The van der Waals surface area contributed by atoms with Crippen molar-refractivity contribution in [1.29, 1.82) is 0 Å². The Bertz CT molecular complexity index is 509. The number of hydrogen-bond acceptors (Lipinski definition) is 4. The first-order valence-corrected chi connectivity index (χ1v) is 6.66. The number of ether oxygens (including phenoxy) is 2. The lowest BCUT2D eigenvalue weighted by Gasteiger charge is -2.10. The lowest BCUT2D eigenvalue weighted by atomic mass is 10.1. The monoisotopic (exact) mass is 277 g/mol. The van der Waals surface area contributed by atoms with E-state index >= 15 is 0 Å². The van der Waals surface area contributed by atoms with E-state index in [0.29, 0.717) is 23.8 Å². The minimum Gasteiger partial charge on any atom is -0.465 e. The van der Waals surface area contributed by atoms with Gasteiger partial charge in [0.25, 0.3) is 0 Å². The molecule has 0 spiro atoms. The third-order valence-corrected chi connectivity index (χ3v) is 3.14. The van der Waals surface area contributed by atoms with Crippen LogP contribution in [0.25, 0.3) is 0 Å². The van der Waals surface area contributed by atoms with Gasteiger partial charge in [0.2, 0.25) is 5.91 Å². The summed E-state index contributed by atoms with van der Waals surface area (Å²) in [5.74, 6) is -0.115. The smallest absolute Gasteiger partial charge is 0.339 e. The van der Waals surface area contributed by atoms with Crippen LogP contribution in [-0.4, -0.2) is 32.2 Å². The number of benzene rings is 1. The molecule has 1 aromatic rings. The normalized spacial score (nSPS) is 13.9. The average Bonchev–Trinajstić information content (AvgIpc) is 3.24. The van der Waals surface area contributed by atoms with Crippen LogP contribution in [0.2, 0.25) is 0 Å². The van der Waals surface area contributed by atoms with Crippen molar-refractivity contribution >= 4 is 17.6 Å². The maximum Gasteiger partial charge on any atom is 0.339 e. The van der Waals surface area contributed by atoms with E-state index in [2.05, 4.69) is 5.32 Å². The molecule has 0 heterocycles. The second-order valence-corrected chi connectivity index (χ2v) is 5.05. The molecule has 20 heavy (non-hydrogen) atoms. The number of methoxy groups -OCH3 is 1. The summed E-state index contributed by atoms with van der Waals surface area (Å²) in [6.07, 6.45) is 2.37. The van der Waals surface area contributed by atoms with Crippen LogP contribution in [0.4, 0.5) is 5.69 Å². The molecule has 0 aromatic heterocycles. The van der Waals surface area contributed by atoms with E-state index in [-0.39, 0.29) is 12.5 Å². The zero-order valence-corrected chi connectivity index (χ0v) is 11.8. The minimum atomic E-state index is -0.470. The predicted octanol–water partition coefficient (Wildman–Crippen LogP) is 2.15. The minimum absolute atomic E-state index is 0.00495. The Morgan fingerprint density at radius 1 is 1.35 bits per heavy atom. The van der Waals surface area contributed by atoms with Crippen molar-refractivity contribution in [3.63, 3.8) is 0 Å². The maximum absolute atomic E-state index is 11.8. The van der Waals surface area contributed by atoms with Crippen LogP contribution in [0.3, 0.4) is 0 Å². The molecule has 1 saturated carbocycles. The van der Waals surface area contributed by atoms with Gasteiger partial charge in [-0.1, -0.05) is 11.6 Å². The second kappa shape index (κ2) is 6.52. The highest BCUT2D eigenvalue weighted by atomic mass is 16.5. The molecule has 0 radical (unpaired) electrons. The topological polar surface area (TPSA) is 64.6 Å². The third kappa shape index (κ3) is 4.06. The van der Waals surface area contributed by atoms with Crippen molar-refractivity contribution in [2.45, 2.75) is 19.8 Å². The largest absolute Gasteiger partial charge is 0.465 e. The number of rotatable bonds is 6. The van der Waals surface area contributed by atoms with Gasteiger partial charge in [-0.05, 0) is 37.8 Å². The van der Waals surface area contributed by atoms with E-state index in [1.54, 1.807) is 12.1 Å². The highest BCUT2D eigenvalue weighted by molar-refractivity contribution is 6.01. The third-order valence-electron chi connectivity index (χ3n) is 3.14. The molecule has 108 valence electrons. The molecule has 0 aliphatic heterocycles. The van der Waals surface area contributed by atoms with E-state index in [1.807, 2.05) is 13.0 Å². The van der Waals surface area contributed by atoms with Crippen molar-refractivity contribution in [2.75, 3.05) is 25.6 Å². The van der Waals surface area contributed by atoms with Gasteiger partial charge in [0.1, 0.15) is 6.61 Å². The lowest BCUT2D eigenvalue weighted by Crippen LogP contribution is -2.20. The average molecular weight is 277 g/mol. The van der Waals surface area contributed by atoms with Crippen molar-refractivity contribution in [2.24, 2.45) is 5.92 Å². The number of carbonyl (C=O) groups excluding carboxylic acids is 2. The molecule has 2 rings (SSSR count). The summed E-state index contributed by atoms with van der Waals surface area (Å²) in [6, 6.07) is 5.21. The van der Waals surface area contributed by atoms with E-state index in [9.17, 15) is 9.59 Å². The Hall–Kier alpha value is -1.88. The molecule has 1 aliphatic carbocycles. The molecular formula is C15H19NO4. The van der Waals surface area contributed by atoms with Gasteiger partial charge in [-0.3, -0.25) is 4.79 Å². The SMILES string of the molecule is COC(=O)c1cc(C)ccc1NC(=O)COCC1CC1. The summed E-state index contributed by atoms with van der Waals surface area (Å²) >= 11 is 0. The Balaban J connectivity index is 1.96. The van der Waals surface area contributed by atoms with Gasteiger partial charge in [0, 0.05) is 0 Å². The number of carbonyl (C=O) groups is 2. The fourth-order valence-corrected chi connectivity index (χ4v) is 1.84. The van der Waals surface area contributed by atoms with Crippen LogP contribution < -0.4 is 5.32 Å². The van der Waals surface area contributed by atoms with E-state index in [4.69, 9.17) is 9.47 Å². The van der Waals surface area contributed by atoms with Gasteiger partial charge in [-0.15, -0.1) is 0 Å². The molecule has 5 heteroatoms. The van der Waals surface area contributed by atoms with Gasteiger partial charge in [0.15, 0.2) is 0 Å². The molecule has 1 aliphatic rings. The second-order valence-electron chi connectivity index (χ2n) is 5.05. The summed E-state index contributed by atoms with van der Waals surface area (Å²) < 4.78 is 10.0. The van der Waals surface area contributed by atoms with Crippen molar-refractivity contribution in [3.8, 4) is 0 Å². The van der Waals surface area contributed by atoms with Crippen molar-refractivity contribution < 1.29 is 19.1 Å². The quantitative estimate of drug-likeness (QED) is 0.809. The zero-order valence-electron chi connectivity index (χ0n) is 11.8. The Morgan fingerprint density at radius 2 is 2.10 bits per heavy atom. The van der Waals surface area contributed by atoms with Crippen LogP contribution in [-0.2, 0) is 14.3 Å². The number of anilines is 1. The summed E-state index contributed by atoms with van der Waals surface area (Å²) in [5, 5.41) is 2.68. The standard InChI is InChI=1S/C15H19NO4/c1-10-3-6-13(12(7-10)15(18)19-2)16-14(17)9-20-8-11-4-5-11/h3,6-7,11H,4-5,8-9H2,1-2H3,(H,16,17). The molecule has 1 N–H and O–H groups in total. The van der Waals surface area contributed by atoms with Crippen LogP contribution in [0.5, 0.6) is 0 Å².